The minimum absolute atomic E-state index is 0.145. The van der Waals surface area contributed by atoms with Gasteiger partial charge >= 0.3 is 12.3 Å². The SMILES string of the molecule is CC1C(C)C2CC1C1C3CC(C21)C(F)(CC(C)(OC(=O)OC(C)(C)C)C(F)(F)F)C3. The van der Waals surface area contributed by atoms with Crippen LogP contribution in [0.2, 0.25) is 0 Å². The summed E-state index contributed by atoms with van der Waals surface area (Å²) in [7, 11) is 0. The molecule has 4 bridgehead atoms. The molecule has 0 aliphatic heterocycles. The highest BCUT2D eigenvalue weighted by Crippen LogP contribution is 2.73. The van der Waals surface area contributed by atoms with Gasteiger partial charge in [-0.25, -0.2) is 9.18 Å². The van der Waals surface area contributed by atoms with E-state index in [-0.39, 0.29) is 24.2 Å². The van der Waals surface area contributed by atoms with Gasteiger partial charge in [0.2, 0.25) is 5.60 Å². The van der Waals surface area contributed by atoms with Crippen molar-refractivity contribution in [3.63, 3.8) is 0 Å². The Labute approximate surface area is 176 Å². The van der Waals surface area contributed by atoms with E-state index in [1.165, 1.54) is 0 Å². The predicted octanol–water partition coefficient (Wildman–Crippen LogP) is 6.55. The van der Waals surface area contributed by atoms with Gasteiger partial charge in [0.05, 0.1) is 0 Å². The second-order valence-corrected chi connectivity index (χ2v) is 11.7. The fraction of sp³-hybridized carbons (Fsp3) is 0.957. The third kappa shape index (κ3) is 3.24. The molecule has 0 saturated heterocycles. The largest absolute Gasteiger partial charge is 0.509 e. The van der Waals surface area contributed by atoms with Crippen LogP contribution in [0.25, 0.3) is 0 Å². The number of ether oxygens (including phenoxy) is 2. The molecule has 4 saturated carbocycles. The molecule has 0 aromatic rings. The molecule has 4 fully saturated rings. The Morgan fingerprint density at radius 1 is 0.967 bits per heavy atom. The van der Waals surface area contributed by atoms with E-state index in [4.69, 9.17) is 9.47 Å². The van der Waals surface area contributed by atoms with Gasteiger partial charge in [-0.15, -0.1) is 0 Å². The molecule has 4 rings (SSSR count). The van der Waals surface area contributed by atoms with Crippen LogP contribution in [-0.2, 0) is 9.47 Å². The van der Waals surface area contributed by atoms with E-state index in [2.05, 4.69) is 13.8 Å². The normalized spacial score (nSPS) is 46.6. The number of hydrogen-bond donors (Lipinski definition) is 0. The molecule has 10 atom stereocenters. The number of hydrogen-bond acceptors (Lipinski definition) is 3. The summed E-state index contributed by atoms with van der Waals surface area (Å²) in [6, 6.07) is 0. The second kappa shape index (κ2) is 6.50. The van der Waals surface area contributed by atoms with E-state index in [1.807, 2.05) is 0 Å². The minimum Gasteiger partial charge on any atom is -0.429 e. The smallest absolute Gasteiger partial charge is 0.429 e. The van der Waals surface area contributed by atoms with Crippen LogP contribution in [-0.4, -0.2) is 29.2 Å². The van der Waals surface area contributed by atoms with Crippen molar-refractivity contribution in [2.24, 2.45) is 47.3 Å². The molecule has 4 aliphatic carbocycles. The molecular weight excluding hydrogens is 400 g/mol. The lowest BCUT2D eigenvalue weighted by Gasteiger charge is -2.47. The second-order valence-electron chi connectivity index (χ2n) is 11.7. The van der Waals surface area contributed by atoms with Crippen molar-refractivity contribution in [1.29, 1.82) is 0 Å². The lowest BCUT2D eigenvalue weighted by molar-refractivity contribution is -0.272. The minimum atomic E-state index is -4.89. The van der Waals surface area contributed by atoms with Crippen LogP contribution in [0.3, 0.4) is 0 Å². The predicted molar refractivity (Wildman–Crippen MR) is 103 cm³/mol. The van der Waals surface area contributed by atoms with Crippen LogP contribution in [0.5, 0.6) is 0 Å². The molecular formula is C23H34F4O3. The van der Waals surface area contributed by atoms with E-state index in [9.17, 15) is 18.0 Å². The lowest BCUT2D eigenvalue weighted by atomic mass is 9.60. The molecule has 0 aromatic heterocycles. The molecule has 172 valence electrons. The van der Waals surface area contributed by atoms with Crippen LogP contribution in [0.4, 0.5) is 22.4 Å². The highest BCUT2D eigenvalue weighted by atomic mass is 19.4. The Morgan fingerprint density at radius 3 is 2.07 bits per heavy atom. The number of carbonyl (C=O) groups is 1. The molecule has 10 unspecified atom stereocenters. The first-order valence-corrected chi connectivity index (χ1v) is 11.2. The summed E-state index contributed by atoms with van der Waals surface area (Å²) in [4.78, 5) is 12.1. The van der Waals surface area contributed by atoms with Crippen molar-refractivity contribution >= 4 is 6.16 Å². The van der Waals surface area contributed by atoms with Crippen LogP contribution in [0, 0.1) is 47.3 Å². The van der Waals surface area contributed by atoms with Crippen LogP contribution in [0.15, 0.2) is 0 Å². The van der Waals surface area contributed by atoms with Crippen molar-refractivity contribution in [3.05, 3.63) is 0 Å². The van der Waals surface area contributed by atoms with Gasteiger partial charge in [0.25, 0.3) is 0 Å². The Kier molecular flexibility index (Phi) is 4.81. The van der Waals surface area contributed by atoms with Gasteiger partial charge in [0, 0.05) is 6.42 Å². The zero-order valence-corrected chi connectivity index (χ0v) is 18.7. The summed E-state index contributed by atoms with van der Waals surface area (Å²) >= 11 is 0. The van der Waals surface area contributed by atoms with E-state index >= 15 is 4.39 Å². The van der Waals surface area contributed by atoms with Gasteiger partial charge in [-0.1, -0.05) is 13.8 Å². The van der Waals surface area contributed by atoms with Gasteiger partial charge in [0.1, 0.15) is 11.3 Å². The first kappa shape index (κ1) is 22.2. The average molecular weight is 435 g/mol. The molecule has 0 heterocycles. The third-order valence-corrected chi connectivity index (χ3v) is 8.92. The fourth-order valence-electron chi connectivity index (χ4n) is 7.76. The van der Waals surface area contributed by atoms with Gasteiger partial charge < -0.3 is 9.47 Å². The summed E-state index contributed by atoms with van der Waals surface area (Å²) in [5.74, 6) is 2.50. The fourth-order valence-corrected chi connectivity index (χ4v) is 7.76. The van der Waals surface area contributed by atoms with Gasteiger partial charge in [0.15, 0.2) is 0 Å². The maximum atomic E-state index is 16.3. The van der Waals surface area contributed by atoms with Crippen LogP contribution in [0.1, 0.15) is 67.2 Å². The summed E-state index contributed by atoms with van der Waals surface area (Å²) in [6.45, 7) is 9.90. The third-order valence-electron chi connectivity index (χ3n) is 8.92. The van der Waals surface area contributed by atoms with Crippen LogP contribution >= 0.6 is 0 Å². The highest BCUT2D eigenvalue weighted by molar-refractivity contribution is 5.61. The van der Waals surface area contributed by atoms with Crippen LogP contribution < -0.4 is 0 Å². The summed E-state index contributed by atoms with van der Waals surface area (Å²) < 4.78 is 68.0. The Balaban J connectivity index is 1.55. The topological polar surface area (TPSA) is 35.5 Å². The number of alkyl halides is 4. The highest BCUT2D eigenvalue weighted by Gasteiger charge is 2.72. The Hall–Kier alpha value is -1.01. The van der Waals surface area contributed by atoms with Crippen molar-refractivity contribution in [3.8, 4) is 0 Å². The van der Waals surface area contributed by atoms with Gasteiger partial charge in [-0.3, -0.25) is 0 Å². The standard InChI is InChI=1S/C23H34F4O3/c1-11-12(2)15-8-14(11)17-13-7-16(18(15)17)22(24,9-13)10-21(6,23(25,26)27)30-19(28)29-20(3,4)5/h11-18H,7-10H2,1-6H3. The van der Waals surface area contributed by atoms with Crippen molar-refractivity contribution < 1.29 is 31.8 Å². The molecule has 0 spiro atoms. The monoisotopic (exact) mass is 434 g/mol. The number of carbonyl (C=O) groups excluding carboxylic acids is 1. The number of halogens is 4. The molecule has 7 heteroatoms. The Bertz CT molecular complexity index is 716. The molecule has 0 N–H and O–H groups in total. The van der Waals surface area contributed by atoms with E-state index in [0.29, 0.717) is 36.0 Å². The quantitative estimate of drug-likeness (QED) is 0.287. The Morgan fingerprint density at radius 2 is 1.53 bits per heavy atom. The molecule has 4 aliphatic rings. The lowest BCUT2D eigenvalue weighted by Crippen LogP contribution is -2.54. The van der Waals surface area contributed by atoms with Gasteiger partial charge in [-0.2, -0.15) is 13.2 Å². The first-order valence-electron chi connectivity index (χ1n) is 11.2. The maximum absolute atomic E-state index is 16.3. The summed E-state index contributed by atoms with van der Waals surface area (Å²) in [6.07, 6.45) is -5.25. The maximum Gasteiger partial charge on any atom is 0.509 e. The van der Waals surface area contributed by atoms with E-state index in [0.717, 1.165) is 13.3 Å². The van der Waals surface area contributed by atoms with E-state index < -0.39 is 35.6 Å². The number of fused-ring (bicyclic) bond motifs is 9. The molecule has 0 amide bonds. The summed E-state index contributed by atoms with van der Waals surface area (Å²) in [5, 5.41) is 0. The average Bonchev–Trinajstić information content (AvgIpc) is 3.23. The zero-order chi connectivity index (χ0) is 22.4. The molecule has 0 aromatic carbocycles. The number of rotatable bonds is 3. The molecule has 3 nitrogen and oxygen atoms in total. The van der Waals surface area contributed by atoms with Gasteiger partial charge in [-0.05, 0) is 94.3 Å². The first-order chi connectivity index (χ1) is 13.6. The zero-order valence-electron chi connectivity index (χ0n) is 18.7. The van der Waals surface area contributed by atoms with Crippen molar-refractivity contribution in [2.75, 3.05) is 0 Å². The van der Waals surface area contributed by atoms with Crippen molar-refractivity contribution in [1.82, 2.24) is 0 Å². The molecule has 0 radical (unpaired) electrons. The molecule has 30 heavy (non-hydrogen) atoms. The summed E-state index contributed by atoms with van der Waals surface area (Å²) in [5.41, 5.74) is -5.88. The van der Waals surface area contributed by atoms with E-state index in [1.54, 1.807) is 20.8 Å². The van der Waals surface area contributed by atoms with Crippen molar-refractivity contribution in [2.45, 2.75) is 90.3 Å².